The highest BCUT2D eigenvalue weighted by Gasteiger charge is 2.51. The molecular formula is C17H24I2. The average Bonchev–Trinajstić information content (AvgIpc) is 2.49. The van der Waals surface area contributed by atoms with Gasteiger partial charge in [0.1, 0.15) is 0 Å². The van der Waals surface area contributed by atoms with Crippen LogP contribution in [0, 0.1) is 17.3 Å². The van der Waals surface area contributed by atoms with Crippen LogP contribution in [-0.4, -0.2) is 3.42 Å². The molecule has 3 atom stereocenters. The Labute approximate surface area is 145 Å². The lowest BCUT2D eigenvalue weighted by molar-refractivity contribution is 0.170. The van der Waals surface area contributed by atoms with Crippen LogP contribution in [0.5, 0.6) is 0 Å². The Morgan fingerprint density at radius 3 is 2.58 bits per heavy atom. The van der Waals surface area contributed by atoms with E-state index in [0.717, 1.165) is 5.92 Å². The molecule has 0 N–H and O–H groups in total. The first-order valence-corrected chi connectivity index (χ1v) is 9.27. The number of allylic oxidation sites excluding steroid dienone is 5. The van der Waals surface area contributed by atoms with E-state index in [9.17, 15) is 0 Å². The second kappa shape index (κ2) is 5.47. The van der Waals surface area contributed by atoms with Gasteiger partial charge in [0, 0.05) is 7.00 Å². The zero-order chi connectivity index (χ0) is 14.4. The topological polar surface area (TPSA) is 0 Å². The van der Waals surface area contributed by atoms with E-state index in [0.29, 0.717) is 9.34 Å². The molecule has 0 aromatic carbocycles. The standard InChI is InChI=1S/C17H24I2/c1-6-12(18)9-14-11(2)13-7-8-17(5,19)10-15(13)16(14,3)4/h6,9,13,15H,2,7-8,10H2,1,3-5H3/b12-6+,14-9+. The Hall–Kier alpha value is 0.680. The molecule has 0 heterocycles. The van der Waals surface area contributed by atoms with Crippen LogP contribution in [0.3, 0.4) is 0 Å². The molecule has 3 unspecified atom stereocenters. The summed E-state index contributed by atoms with van der Waals surface area (Å²) in [6.45, 7) is 13.8. The summed E-state index contributed by atoms with van der Waals surface area (Å²) in [4.78, 5) is 0. The minimum absolute atomic E-state index is 0.272. The van der Waals surface area contributed by atoms with E-state index in [2.05, 4.69) is 91.6 Å². The fraction of sp³-hybridized carbons (Fsp3) is 0.647. The van der Waals surface area contributed by atoms with Gasteiger partial charge in [0.15, 0.2) is 0 Å². The fourth-order valence-electron chi connectivity index (χ4n) is 3.85. The molecule has 0 nitrogen and oxygen atoms in total. The Morgan fingerprint density at radius 1 is 1.37 bits per heavy atom. The minimum Gasteiger partial charge on any atom is -0.0952 e. The van der Waals surface area contributed by atoms with E-state index in [1.165, 1.54) is 34.0 Å². The quantitative estimate of drug-likeness (QED) is 0.298. The van der Waals surface area contributed by atoms with Gasteiger partial charge >= 0.3 is 0 Å². The third-order valence-electron chi connectivity index (χ3n) is 5.08. The summed E-state index contributed by atoms with van der Waals surface area (Å²) < 4.78 is 1.80. The van der Waals surface area contributed by atoms with Gasteiger partial charge in [-0.1, -0.05) is 56.0 Å². The first-order valence-electron chi connectivity index (χ1n) is 7.11. The van der Waals surface area contributed by atoms with Crippen molar-refractivity contribution in [1.29, 1.82) is 0 Å². The second-order valence-corrected chi connectivity index (χ2v) is 10.7. The van der Waals surface area contributed by atoms with Crippen LogP contribution >= 0.6 is 45.2 Å². The van der Waals surface area contributed by atoms with Crippen molar-refractivity contribution in [1.82, 2.24) is 0 Å². The van der Waals surface area contributed by atoms with Crippen molar-refractivity contribution in [3.05, 3.63) is 33.5 Å². The van der Waals surface area contributed by atoms with Crippen molar-refractivity contribution in [2.75, 3.05) is 0 Å². The minimum atomic E-state index is 0.272. The molecule has 0 amide bonds. The van der Waals surface area contributed by atoms with Crippen molar-refractivity contribution < 1.29 is 0 Å². The molecule has 2 fully saturated rings. The maximum atomic E-state index is 4.45. The van der Waals surface area contributed by atoms with Gasteiger partial charge in [-0.15, -0.1) is 0 Å². The van der Waals surface area contributed by atoms with Gasteiger partial charge in [-0.05, 0) is 83.3 Å². The van der Waals surface area contributed by atoms with E-state index in [-0.39, 0.29) is 5.41 Å². The monoisotopic (exact) mass is 482 g/mol. The number of rotatable bonds is 1. The van der Waals surface area contributed by atoms with E-state index in [4.69, 9.17) is 0 Å². The first-order chi connectivity index (χ1) is 8.69. The number of halogens is 2. The lowest BCUT2D eigenvalue weighted by atomic mass is 9.68. The van der Waals surface area contributed by atoms with Gasteiger partial charge in [-0.3, -0.25) is 0 Å². The number of fused-ring (bicyclic) bond motifs is 1. The van der Waals surface area contributed by atoms with Crippen LogP contribution in [0.15, 0.2) is 33.5 Å². The maximum absolute atomic E-state index is 4.45. The van der Waals surface area contributed by atoms with E-state index in [1.807, 2.05) is 0 Å². The highest BCUT2D eigenvalue weighted by atomic mass is 127. The van der Waals surface area contributed by atoms with Gasteiger partial charge in [0.05, 0.1) is 0 Å². The Kier molecular flexibility index (Phi) is 4.62. The van der Waals surface area contributed by atoms with E-state index in [1.54, 1.807) is 0 Å². The number of hydrogen-bond acceptors (Lipinski definition) is 0. The molecule has 106 valence electrons. The van der Waals surface area contributed by atoms with Crippen molar-refractivity contribution in [3.63, 3.8) is 0 Å². The third kappa shape index (κ3) is 2.99. The first kappa shape index (κ1) is 16.1. The normalized spacial score (nSPS) is 40.6. The molecule has 0 aromatic heterocycles. The molecule has 2 rings (SSSR count). The summed E-state index contributed by atoms with van der Waals surface area (Å²) >= 11 is 5.09. The summed E-state index contributed by atoms with van der Waals surface area (Å²) in [5.74, 6) is 1.48. The SMILES string of the molecule is C=C1/C(=C\C(I)=C/C)C(C)(C)C2CC(C)(I)CCC12. The molecule has 0 aliphatic heterocycles. The molecule has 0 bridgehead atoms. The Morgan fingerprint density at radius 2 is 2.00 bits per heavy atom. The zero-order valence-electron chi connectivity index (χ0n) is 12.4. The predicted molar refractivity (Wildman–Crippen MR) is 102 cm³/mol. The molecule has 2 aliphatic rings. The average molecular weight is 482 g/mol. The zero-order valence-corrected chi connectivity index (χ0v) is 16.7. The van der Waals surface area contributed by atoms with Crippen molar-refractivity contribution >= 4 is 45.2 Å². The Balaban J connectivity index is 2.41. The van der Waals surface area contributed by atoms with Gasteiger partial charge in [-0.25, -0.2) is 0 Å². The second-order valence-electron chi connectivity index (χ2n) is 6.85. The van der Waals surface area contributed by atoms with Gasteiger partial charge in [-0.2, -0.15) is 0 Å². The molecule has 0 spiro atoms. The third-order valence-corrected chi connectivity index (χ3v) is 6.99. The van der Waals surface area contributed by atoms with Crippen LogP contribution in [0.4, 0.5) is 0 Å². The summed E-state index contributed by atoms with van der Waals surface area (Å²) in [6.07, 6.45) is 8.52. The molecule has 2 saturated carbocycles. The molecule has 2 aliphatic carbocycles. The van der Waals surface area contributed by atoms with Crippen LogP contribution < -0.4 is 0 Å². The lowest BCUT2D eigenvalue weighted by Gasteiger charge is -2.41. The van der Waals surface area contributed by atoms with E-state index >= 15 is 0 Å². The molecule has 0 aromatic rings. The lowest BCUT2D eigenvalue weighted by Crippen LogP contribution is -2.35. The van der Waals surface area contributed by atoms with E-state index < -0.39 is 0 Å². The van der Waals surface area contributed by atoms with Crippen LogP contribution in [0.2, 0.25) is 0 Å². The predicted octanol–water partition coefficient (Wildman–Crippen LogP) is 6.46. The molecule has 19 heavy (non-hydrogen) atoms. The highest BCUT2D eigenvalue weighted by Crippen LogP contribution is 2.61. The summed E-state index contributed by atoms with van der Waals surface area (Å²) in [5, 5.41) is 0. The summed E-state index contributed by atoms with van der Waals surface area (Å²) in [6, 6.07) is 0. The number of hydrogen-bond donors (Lipinski definition) is 0. The molecule has 2 heteroatoms. The largest absolute Gasteiger partial charge is 0.0952 e. The maximum Gasteiger partial charge on any atom is 0.0197 e. The Bertz CT molecular complexity index is 452. The molecule has 0 saturated heterocycles. The van der Waals surface area contributed by atoms with Crippen LogP contribution in [0.1, 0.15) is 47.0 Å². The van der Waals surface area contributed by atoms with Crippen LogP contribution in [-0.2, 0) is 0 Å². The smallest absolute Gasteiger partial charge is 0.0197 e. The van der Waals surface area contributed by atoms with Crippen molar-refractivity contribution in [2.24, 2.45) is 17.3 Å². The highest BCUT2D eigenvalue weighted by molar-refractivity contribution is 14.1. The van der Waals surface area contributed by atoms with Crippen molar-refractivity contribution in [2.45, 2.75) is 50.4 Å². The van der Waals surface area contributed by atoms with Gasteiger partial charge in [0.25, 0.3) is 0 Å². The van der Waals surface area contributed by atoms with Crippen LogP contribution in [0.25, 0.3) is 0 Å². The molecule has 0 radical (unpaired) electrons. The summed E-state index contributed by atoms with van der Waals surface area (Å²) in [7, 11) is 0. The van der Waals surface area contributed by atoms with Gasteiger partial charge in [0.2, 0.25) is 0 Å². The number of alkyl halides is 1. The summed E-state index contributed by atoms with van der Waals surface area (Å²) in [5.41, 5.74) is 3.19. The molecular weight excluding hydrogens is 458 g/mol. The van der Waals surface area contributed by atoms with Gasteiger partial charge < -0.3 is 0 Å². The van der Waals surface area contributed by atoms with Crippen molar-refractivity contribution in [3.8, 4) is 0 Å². The fourth-order valence-corrected chi connectivity index (χ4v) is 4.95.